The normalized spacial score (nSPS) is 14.3. The van der Waals surface area contributed by atoms with Crippen LogP contribution in [0.3, 0.4) is 0 Å². The SMILES string of the molecule is Cc1ccc(C)c(-n2nc(-c3ccc(F)cc3)cc2C(=O)N2CCC(n3c(=O)[nH]c4ccccc43)CC2)c1. The third kappa shape index (κ3) is 4.22. The third-order valence-corrected chi connectivity index (χ3v) is 7.40. The predicted molar refractivity (Wildman–Crippen MR) is 145 cm³/mol. The molecule has 7 nitrogen and oxygen atoms in total. The van der Waals surface area contributed by atoms with Gasteiger partial charge in [-0.05, 0) is 86.3 Å². The zero-order valence-electron chi connectivity index (χ0n) is 21.3. The number of aryl methyl sites for hydroxylation is 2. The van der Waals surface area contributed by atoms with Crippen LogP contribution in [0.2, 0.25) is 0 Å². The zero-order chi connectivity index (χ0) is 26.4. The van der Waals surface area contributed by atoms with Crippen LogP contribution in [0.5, 0.6) is 0 Å². The fourth-order valence-corrected chi connectivity index (χ4v) is 5.35. The maximum atomic E-state index is 13.9. The molecule has 1 amide bonds. The van der Waals surface area contributed by atoms with Crippen molar-refractivity contribution in [1.29, 1.82) is 0 Å². The van der Waals surface area contributed by atoms with Gasteiger partial charge in [0.1, 0.15) is 11.5 Å². The van der Waals surface area contributed by atoms with E-state index in [1.807, 2.05) is 65.8 Å². The van der Waals surface area contributed by atoms with Gasteiger partial charge in [0.15, 0.2) is 0 Å². The molecule has 1 aliphatic rings. The van der Waals surface area contributed by atoms with Crippen molar-refractivity contribution in [2.75, 3.05) is 13.1 Å². The van der Waals surface area contributed by atoms with Crippen LogP contribution in [0.4, 0.5) is 4.39 Å². The number of benzene rings is 3. The quantitative estimate of drug-likeness (QED) is 0.352. The number of para-hydroxylation sites is 2. The van der Waals surface area contributed by atoms with Gasteiger partial charge in [-0.25, -0.2) is 13.9 Å². The summed E-state index contributed by atoms with van der Waals surface area (Å²) >= 11 is 0. The second-order valence-corrected chi connectivity index (χ2v) is 9.96. The van der Waals surface area contributed by atoms with Crippen LogP contribution in [-0.4, -0.2) is 43.2 Å². The number of H-pyrrole nitrogens is 1. The van der Waals surface area contributed by atoms with Crippen molar-refractivity contribution in [2.45, 2.75) is 32.7 Å². The Labute approximate surface area is 219 Å². The van der Waals surface area contributed by atoms with Crippen LogP contribution >= 0.6 is 0 Å². The highest BCUT2D eigenvalue weighted by molar-refractivity contribution is 5.94. The average molecular weight is 510 g/mol. The number of carbonyl (C=O) groups is 1. The van der Waals surface area contributed by atoms with Gasteiger partial charge in [-0.2, -0.15) is 5.10 Å². The lowest BCUT2D eigenvalue weighted by Gasteiger charge is -2.32. The lowest BCUT2D eigenvalue weighted by Crippen LogP contribution is -2.41. The number of fused-ring (bicyclic) bond motifs is 1. The molecule has 38 heavy (non-hydrogen) atoms. The van der Waals surface area contributed by atoms with Crippen LogP contribution in [0.15, 0.2) is 77.6 Å². The first kappa shape index (κ1) is 23.9. The Morgan fingerprint density at radius 2 is 1.71 bits per heavy atom. The Kier molecular flexibility index (Phi) is 5.94. The number of hydrogen-bond acceptors (Lipinski definition) is 3. The first-order chi connectivity index (χ1) is 18.4. The van der Waals surface area contributed by atoms with E-state index >= 15 is 0 Å². The Morgan fingerprint density at radius 1 is 0.974 bits per heavy atom. The standard InChI is InChI=1S/C30H28FN5O2/c1-19-7-8-20(2)27(17-19)36-28(18-25(33-36)21-9-11-22(31)12-10-21)29(37)34-15-13-23(14-16-34)35-26-6-4-3-5-24(26)32-30(35)38/h3-12,17-18,23H,13-16H2,1-2H3,(H,32,38). The zero-order valence-corrected chi connectivity index (χ0v) is 21.3. The minimum absolute atomic E-state index is 0.0152. The van der Waals surface area contributed by atoms with Gasteiger partial charge in [-0.15, -0.1) is 0 Å². The number of imidazole rings is 1. The first-order valence-corrected chi connectivity index (χ1v) is 12.8. The predicted octanol–water partition coefficient (Wildman–Crippen LogP) is 5.42. The van der Waals surface area contributed by atoms with E-state index in [4.69, 9.17) is 5.10 Å². The van der Waals surface area contributed by atoms with Crippen LogP contribution in [0, 0.1) is 19.7 Å². The molecule has 3 heterocycles. The first-order valence-electron chi connectivity index (χ1n) is 12.8. The van der Waals surface area contributed by atoms with E-state index in [9.17, 15) is 14.0 Å². The number of hydrogen-bond donors (Lipinski definition) is 1. The van der Waals surface area contributed by atoms with Gasteiger partial charge < -0.3 is 9.88 Å². The summed E-state index contributed by atoms with van der Waals surface area (Å²) in [6.07, 6.45) is 1.35. The fraction of sp³-hybridized carbons (Fsp3) is 0.233. The van der Waals surface area contributed by atoms with Gasteiger partial charge in [0, 0.05) is 24.7 Å². The van der Waals surface area contributed by atoms with E-state index in [1.54, 1.807) is 22.9 Å². The number of aromatic amines is 1. The van der Waals surface area contributed by atoms with Crippen molar-refractivity contribution in [2.24, 2.45) is 0 Å². The molecule has 1 fully saturated rings. The minimum atomic E-state index is -0.323. The van der Waals surface area contributed by atoms with Gasteiger partial charge >= 0.3 is 5.69 Å². The van der Waals surface area contributed by atoms with Gasteiger partial charge in [0.05, 0.1) is 22.4 Å². The van der Waals surface area contributed by atoms with E-state index in [0.717, 1.165) is 33.4 Å². The van der Waals surface area contributed by atoms with Gasteiger partial charge in [0.2, 0.25) is 0 Å². The van der Waals surface area contributed by atoms with Crippen molar-refractivity contribution >= 4 is 16.9 Å². The highest BCUT2D eigenvalue weighted by Crippen LogP contribution is 2.29. The van der Waals surface area contributed by atoms with Crippen molar-refractivity contribution in [3.63, 3.8) is 0 Å². The summed E-state index contributed by atoms with van der Waals surface area (Å²) in [7, 11) is 0. The second kappa shape index (κ2) is 9.45. The lowest BCUT2D eigenvalue weighted by atomic mass is 10.0. The number of nitrogens with zero attached hydrogens (tertiary/aromatic N) is 4. The molecular formula is C30H28FN5O2. The van der Waals surface area contributed by atoms with Gasteiger partial charge in [-0.1, -0.05) is 24.3 Å². The van der Waals surface area contributed by atoms with E-state index < -0.39 is 0 Å². The summed E-state index contributed by atoms with van der Waals surface area (Å²) in [6, 6.07) is 21.7. The molecule has 1 aliphatic heterocycles. The molecule has 192 valence electrons. The maximum absolute atomic E-state index is 13.9. The fourth-order valence-electron chi connectivity index (χ4n) is 5.35. The number of aromatic nitrogens is 4. The second-order valence-electron chi connectivity index (χ2n) is 9.96. The van der Waals surface area contributed by atoms with Gasteiger partial charge in [0.25, 0.3) is 5.91 Å². The maximum Gasteiger partial charge on any atom is 0.326 e. The molecule has 6 rings (SSSR count). The Morgan fingerprint density at radius 3 is 2.47 bits per heavy atom. The van der Waals surface area contributed by atoms with Gasteiger partial charge in [-0.3, -0.25) is 9.36 Å². The number of nitrogens with one attached hydrogen (secondary N) is 1. The smallest absolute Gasteiger partial charge is 0.326 e. The summed E-state index contributed by atoms with van der Waals surface area (Å²) < 4.78 is 17.1. The minimum Gasteiger partial charge on any atom is -0.337 e. The molecule has 0 saturated carbocycles. The van der Waals surface area contributed by atoms with Crippen LogP contribution in [0.25, 0.3) is 28.0 Å². The van der Waals surface area contributed by atoms with Crippen LogP contribution in [0.1, 0.15) is 40.5 Å². The highest BCUT2D eigenvalue weighted by atomic mass is 19.1. The van der Waals surface area contributed by atoms with Crippen LogP contribution in [-0.2, 0) is 0 Å². The molecule has 0 aliphatic carbocycles. The van der Waals surface area contributed by atoms with Crippen molar-refractivity contribution in [3.05, 3.63) is 106 Å². The van der Waals surface area contributed by atoms with Crippen LogP contribution < -0.4 is 5.69 Å². The number of likely N-dealkylation sites (tertiary alicyclic amines) is 1. The number of rotatable bonds is 4. The molecule has 0 atom stereocenters. The Hall–Kier alpha value is -4.46. The highest BCUT2D eigenvalue weighted by Gasteiger charge is 2.29. The molecule has 0 unspecified atom stereocenters. The summed E-state index contributed by atoms with van der Waals surface area (Å²) in [5, 5.41) is 4.80. The molecule has 3 aromatic carbocycles. The molecule has 5 aromatic rings. The molecule has 2 aromatic heterocycles. The summed E-state index contributed by atoms with van der Waals surface area (Å²) in [5.74, 6) is -0.437. The molecule has 0 spiro atoms. The topological polar surface area (TPSA) is 75.9 Å². The molecule has 1 N–H and O–H groups in total. The summed E-state index contributed by atoms with van der Waals surface area (Å²) in [6.45, 7) is 5.05. The molecule has 0 bridgehead atoms. The summed E-state index contributed by atoms with van der Waals surface area (Å²) in [5.41, 5.74) is 6.29. The Bertz CT molecular complexity index is 1710. The van der Waals surface area contributed by atoms with Crippen molar-refractivity contribution < 1.29 is 9.18 Å². The number of amides is 1. The monoisotopic (exact) mass is 509 g/mol. The number of halogens is 1. The van der Waals surface area contributed by atoms with Crippen molar-refractivity contribution in [1.82, 2.24) is 24.2 Å². The molecule has 8 heteroatoms. The Balaban J connectivity index is 1.32. The van der Waals surface area contributed by atoms with E-state index in [-0.39, 0.29) is 23.5 Å². The van der Waals surface area contributed by atoms with E-state index in [1.165, 1.54) is 12.1 Å². The third-order valence-electron chi connectivity index (χ3n) is 7.40. The lowest BCUT2D eigenvalue weighted by molar-refractivity contribution is 0.0685. The molecular weight excluding hydrogens is 481 g/mol. The summed E-state index contributed by atoms with van der Waals surface area (Å²) in [4.78, 5) is 31.3. The number of carbonyl (C=O) groups excluding carboxylic acids is 1. The molecule has 1 saturated heterocycles. The average Bonchev–Trinajstić information content (AvgIpc) is 3.51. The van der Waals surface area contributed by atoms with Crippen molar-refractivity contribution in [3.8, 4) is 16.9 Å². The van der Waals surface area contributed by atoms with E-state index in [0.29, 0.717) is 37.3 Å². The molecule has 0 radical (unpaired) electrons. The van der Waals surface area contributed by atoms with E-state index in [2.05, 4.69) is 4.98 Å². The number of piperidine rings is 1. The largest absolute Gasteiger partial charge is 0.337 e.